The molecule has 0 saturated carbocycles. The van der Waals surface area contributed by atoms with Crippen molar-refractivity contribution in [2.45, 2.75) is 6.54 Å². The molecule has 4 nitrogen and oxygen atoms in total. The van der Waals surface area contributed by atoms with Crippen LogP contribution in [-0.4, -0.2) is 40.8 Å². The normalized spacial score (nSPS) is 17.3. The Bertz CT molecular complexity index is 486. The lowest BCUT2D eigenvalue weighted by atomic mass is 10.1. The van der Waals surface area contributed by atoms with Crippen molar-refractivity contribution >= 4 is 10.8 Å². The molecule has 1 heterocycles. The van der Waals surface area contributed by atoms with Gasteiger partial charge in [-0.2, -0.15) is 5.26 Å². The van der Waals surface area contributed by atoms with Gasteiger partial charge in [-0.15, -0.1) is 0 Å². The number of benzene rings is 1. The second kappa shape index (κ2) is 5.98. The van der Waals surface area contributed by atoms with E-state index in [1.165, 1.54) is 0 Å². The number of nitrogens with zero attached hydrogens (tertiary/aromatic N) is 2. The molecule has 0 atom stereocenters. The lowest BCUT2D eigenvalue weighted by Crippen LogP contribution is -2.37. The van der Waals surface area contributed by atoms with Crippen molar-refractivity contribution in [1.29, 1.82) is 5.26 Å². The maximum atomic E-state index is 11.3. The molecule has 1 fully saturated rings. The van der Waals surface area contributed by atoms with E-state index >= 15 is 0 Å². The first-order chi connectivity index (χ1) is 8.72. The first kappa shape index (κ1) is 13.1. The lowest BCUT2D eigenvalue weighted by molar-refractivity contribution is 0.291. The highest BCUT2D eigenvalue weighted by atomic mass is 32.2. The van der Waals surface area contributed by atoms with Gasteiger partial charge in [0.15, 0.2) is 0 Å². The fourth-order valence-corrected chi connectivity index (χ4v) is 3.16. The smallest absolute Gasteiger partial charge is 0.136 e. The molecular formula is C13H16N2O2S. The monoisotopic (exact) mass is 264 g/mol. The highest BCUT2D eigenvalue weighted by molar-refractivity contribution is 7.85. The van der Waals surface area contributed by atoms with Crippen LogP contribution in [-0.2, 0) is 17.3 Å². The standard InChI is InChI=1S/C13H16N2O2S/c1-17-13-3-2-11(8-12(13)9-14)10-15-4-6-18(16)7-5-15/h2-3,8H,4-7,10H2,1H3. The predicted molar refractivity (Wildman–Crippen MR) is 70.9 cm³/mol. The Kier molecular flexibility index (Phi) is 4.34. The summed E-state index contributed by atoms with van der Waals surface area (Å²) in [5.41, 5.74) is 1.66. The number of hydrogen-bond acceptors (Lipinski definition) is 4. The van der Waals surface area contributed by atoms with E-state index in [2.05, 4.69) is 11.0 Å². The molecule has 0 aliphatic carbocycles. The van der Waals surface area contributed by atoms with E-state index in [-0.39, 0.29) is 0 Å². The van der Waals surface area contributed by atoms with Gasteiger partial charge in [0.05, 0.1) is 12.7 Å². The van der Waals surface area contributed by atoms with Gasteiger partial charge < -0.3 is 4.74 Å². The molecule has 1 aliphatic rings. The summed E-state index contributed by atoms with van der Waals surface area (Å²) in [6, 6.07) is 7.81. The molecule has 18 heavy (non-hydrogen) atoms. The third-order valence-corrected chi connectivity index (χ3v) is 4.34. The van der Waals surface area contributed by atoms with Crippen molar-refractivity contribution in [3.63, 3.8) is 0 Å². The molecule has 1 aromatic carbocycles. The van der Waals surface area contributed by atoms with Crippen molar-refractivity contribution in [3.8, 4) is 11.8 Å². The van der Waals surface area contributed by atoms with Crippen LogP contribution in [0.2, 0.25) is 0 Å². The summed E-state index contributed by atoms with van der Waals surface area (Å²) in [5.74, 6) is 2.11. The van der Waals surface area contributed by atoms with Crippen molar-refractivity contribution in [2.75, 3.05) is 31.7 Å². The van der Waals surface area contributed by atoms with Crippen LogP contribution in [0.1, 0.15) is 11.1 Å². The van der Waals surface area contributed by atoms with Gasteiger partial charge in [-0.3, -0.25) is 9.11 Å². The van der Waals surface area contributed by atoms with Crippen LogP contribution in [0, 0.1) is 11.3 Å². The average Bonchev–Trinajstić information content (AvgIpc) is 2.41. The van der Waals surface area contributed by atoms with Crippen molar-refractivity contribution in [2.24, 2.45) is 0 Å². The summed E-state index contributed by atoms with van der Waals surface area (Å²) in [7, 11) is 0.921. The minimum absolute atomic E-state index is 0.565. The molecular weight excluding hydrogens is 248 g/mol. The summed E-state index contributed by atoms with van der Waals surface area (Å²) < 4.78 is 16.4. The van der Waals surface area contributed by atoms with Gasteiger partial charge in [0, 0.05) is 41.9 Å². The summed E-state index contributed by atoms with van der Waals surface area (Å²) in [6.45, 7) is 2.52. The van der Waals surface area contributed by atoms with Crippen LogP contribution in [0.5, 0.6) is 5.75 Å². The molecule has 0 aromatic heterocycles. The Balaban J connectivity index is 2.06. The van der Waals surface area contributed by atoms with Crippen LogP contribution in [0.3, 0.4) is 0 Å². The SMILES string of the molecule is COc1ccc(CN2CCS(=O)CC2)cc1C#N. The van der Waals surface area contributed by atoms with Crippen LogP contribution in [0.25, 0.3) is 0 Å². The van der Waals surface area contributed by atoms with Crippen LogP contribution >= 0.6 is 0 Å². The molecule has 5 heteroatoms. The zero-order chi connectivity index (χ0) is 13.0. The lowest BCUT2D eigenvalue weighted by Gasteiger charge is -2.26. The Morgan fingerprint density at radius 2 is 2.17 bits per heavy atom. The van der Waals surface area contributed by atoms with Gasteiger partial charge in [0.1, 0.15) is 11.8 Å². The third kappa shape index (κ3) is 3.09. The first-order valence-corrected chi connectivity index (χ1v) is 7.36. The average molecular weight is 264 g/mol. The zero-order valence-electron chi connectivity index (χ0n) is 10.4. The number of nitriles is 1. The molecule has 0 bridgehead atoms. The zero-order valence-corrected chi connectivity index (χ0v) is 11.2. The van der Waals surface area contributed by atoms with Gasteiger partial charge in [-0.1, -0.05) is 6.07 Å². The number of rotatable bonds is 3. The molecule has 1 aliphatic heterocycles. The number of ether oxygens (including phenoxy) is 1. The van der Waals surface area contributed by atoms with E-state index in [9.17, 15) is 4.21 Å². The second-order valence-corrected chi connectivity index (χ2v) is 5.97. The molecule has 0 radical (unpaired) electrons. The highest BCUT2D eigenvalue weighted by Crippen LogP contribution is 2.20. The van der Waals surface area contributed by atoms with Crippen molar-refractivity contribution in [3.05, 3.63) is 29.3 Å². The van der Waals surface area contributed by atoms with E-state index in [0.717, 1.165) is 36.7 Å². The molecule has 0 spiro atoms. The van der Waals surface area contributed by atoms with E-state index in [0.29, 0.717) is 11.3 Å². The van der Waals surface area contributed by atoms with Gasteiger partial charge >= 0.3 is 0 Å². The highest BCUT2D eigenvalue weighted by Gasteiger charge is 2.15. The minimum Gasteiger partial charge on any atom is -0.495 e. The Hall–Kier alpha value is -1.38. The maximum absolute atomic E-state index is 11.3. The predicted octanol–water partition coefficient (Wildman–Crippen LogP) is 1.13. The Morgan fingerprint density at radius 3 is 2.78 bits per heavy atom. The molecule has 1 aromatic rings. The van der Waals surface area contributed by atoms with Crippen molar-refractivity contribution < 1.29 is 8.95 Å². The summed E-state index contributed by atoms with van der Waals surface area (Å²) in [4.78, 5) is 2.27. The number of hydrogen-bond donors (Lipinski definition) is 0. The fraction of sp³-hybridized carbons (Fsp3) is 0.462. The maximum Gasteiger partial charge on any atom is 0.136 e. The van der Waals surface area contributed by atoms with Gasteiger partial charge in [0.25, 0.3) is 0 Å². The van der Waals surface area contributed by atoms with E-state index in [1.54, 1.807) is 7.11 Å². The first-order valence-electron chi connectivity index (χ1n) is 5.87. The summed E-state index contributed by atoms with van der Waals surface area (Å²) in [5, 5.41) is 9.03. The third-order valence-electron chi connectivity index (χ3n) is 3.06. The summed E-state index contributed by atoms with van der Waals surface area (Å²) >= 11 is 0. The van der Waals surface area contributed by atoms with Crippen LogP contribution < -0.4 is 4.74 Å². The van der Waals surface area contributed by atoms with E-state index in [4.69, 9.17) is 10.00 Å². The quantitative estimate of drug-likeness (QED) is 0.821. The van der Waals surface area contributed by atoms with Gasteiger partial charge in [-0.25, -0.2) is 0 Å². The Morgan fingerprint density at radius 1 is 1.44 bits per heavy atom. The van der Waals surface area contributed by atoms with E-state index in [1.807, 2.05) is 18.2 Å². The molecule has 0 unspecified atom stereocenters. The molecule has 96 valence electrons. The fourth-order valence-electron chi connectivity index (χ4n) is 2.03. The van der Waals surface area contributed by atoms with Crippen LogP contribution in [0.15, 0.2) is 18.2 Å². The van der Waals surface area contributed by atoms with Crippen LogP contribution in [0.4, 0.5) is 0 Å². The summed E-state index contributed by atoms with van der Waals surface area (Å²) in [6.07, 6.45) is 0. The van der Waals surface area contributed by atoms with Crippen molar-refractivity contribution in [1.82, 2.24) is 4.90 Å². The second-order valence-electron chi connectivity index (χ2n) is 4.27. The molecule has 2 rings (SSSR count). The Labute approximate surface area is 110 Å². The molecule has 0 N–H and O–H groups in total. The largest absolute Gasteiger partial charge is 0.495 e. The molecule has 0 amide bonds. The topological polar surface area (TPSA) is 53.3 Å². The van der Waals surface area contributed by atoms with Gasteiger partial charge in [0.2, 0.25) is 0 Å². The van der Waals surface area contributed by atoms with E-state index < -0.39 is 10.8 Å². The van der Waals surface area contributed by atoms with Gasteiger partial charge in [-0.05, 0) is 17.7 Å². The molecule has 1 saturated heterocycles. The minimum atomic E-state index is -0.644. The number of methoxy groups -OCH3 is 1.